The summed E-state index contributed by atoms with van der Waals surface area (Å²) in [5, 5.41) is 1.05. The Hall–Kier alpha value is -1.51. The Bertz CT molecular complexity index is 757. The van der Waals surface area contributed by atoms with Crippen LogP contribution in [0.5, 0.6) is 0 Å². The van der Waals surface area contributed by atoms with Crippen molar-refractivity contribution in [3.05, 3.63) is 52.0 Å². The fourth-order valence-electron chi connectivity index (χ4n) is 2.27. The van der Waals surface area contributed by atoms with E-state index < -0.39 is 0 Å². The summed E-state index contributed by atoms with van der Waals surface area (Å²) in [6.45, 7) is 6.60. The van der Waals surface area contributed by atoms with Gasteiger partial charge in [-0.1, -0.05) is 68.2 Å². The Labute approximate surface area is 134 Å². The van der Waals surface area contributed by atoms with Crippen LogP contribution in [-0.4, -0.2) is 9.97 Å². The number of halogens is 2. The number of nitrogens with one attached hydrogen (secondary N) is 1. The van der Waals surface area contributed by atoms with Gasteiger partial charge in [0.1, 0.15) is 5.82 Å². The standard InChI is InChI=1S/C17H16Cl2N2/c1-17(2,3)11-6-4-10(5-7-11)16-20-14-8-12(18)13(19)9-15(14)21-16/h4-9H,1-3H3,(H,20,21). The average molecular weight is 319 g/mol. The zero-order valence-corrected chi connectivity index (χ0v) is 13.7. The van der Waals surface area contributed by atoms with Crippen molar-refractivity contribution < 1.29 is 0 Å². The Balaban J connectivity index is 2.04. The fourth-order valence-corrected chi connectivity index (χ4v) is 2.59. The highest BCUT2D eigenvalue weighted by Crippen LogP contribution is 2.30. The topological polar surface area (TPSA) is 28.7 Å². The van der Waals surface area contributed by atoms with Gasteiger partial charge in [-0.2, -0.15) is 0 Å². The molecule has 2 aromatic carbocycles. The van der Waals surface area contributed by atoms with Crippen molar-refractivity contribution in [2.24, 2.45) is 0 Å². The Morgan fingerprint density at radius 1 is 0.952 bits per heavy atom. The predicted octanol–water partition coefficient (Wildman–Crippen LogP) is 5.83. The van der Waals surface area contributed by atoms with Crippen molar-refractivity contribution in [2.45, 2.75) is 26.2 Å². The van der Waals surface area contributed by atoms with E-state index in [2.05, 4.69) is 55.0 Å². The third kappa shape index (κ3) is 2.78. The van der Waals surface area contributed by atoms with Crippen molar-refractivity contribution in [3.8, 4) is 11.4 Å². The van der Waals surface area contributed by atoms with E-state index in [1.54, 1.807) is 12.1 Å². The van der Waals surface area contributed by atoms with Gasteiger partial charge in [0.25, 0.3) is 0 Å². The first-order valence-electron chi connectivity index (χ1n) is 6.80. The van der Waals surface area contributed by atoms with Gasteiger partial charge >= 0.3 is 0 Å². The molecule has 0 saturated heterocycles. The largest absolute Gasteiger partial charge is 0.338 e. The third-order valence-corrected chi connectivity index (χ3v) is 4.27. The second-order valence-electron chi connectivity index (χ2n) is 6.20. The van der Waals surface area contributed by atoms with Crippen LogP contribution in [0.15, 0.2) is 36.4 Å². The molecule has 108 valence electrons. The molecule has 4 heteroatoms. The van der Waals surface area contributed by atoms with Crippen LogP contribution < -0.4 is 0 Å². The van der Waals surface area contributed by atoms with Gasteiger partial charge in [0.2, 0.25) is 0 Å². The molecule has 21 heavy (non-hydrogen) atoms. The van der Waals surface area contributed by atoms with E-state index in [1.165, 1.54) is 5.56 Å². The van der Waals surface area contributed by atoms with Crippen molar-refractivity contribution >= 4 is 34.2 Å². The maximum absolute atomic E-state index is 6.03. The predicted molar refractivity (Wildman–Crippen MR) is 90.2 cm³/mol. The van der Waals surface area contributed by atoms with Crippen molar-refractivity contribution in [2.75, 3.05) is 0 Å². The van der Waals surface area contributed by atoms with Crippen LogP contribution in [-0.2, 0) is 5.41 Å². The fraction of sp³-hybridized carbons (Fsp3) is 0.235. The number of hydrogen-bond donors (Lipinski definition) is 1. The SMILES string of the molecule is CC(C)(C)c1ccc(-c2nc3cc(Cl)c(Cl)cc3[nH]2)cc1. The molecular formula is C17H16Cl2N2. The molecule has 3 rings (SSSR count). The van der Waals surface area contributed by atoms with Gasteiger partial charge in [0, 0.05) is 5.56 Å². The minimum absolute atomic E-state index is 0.146. The molecule has 0 spiro atoms. The van der Waals surface area contributed by atoms with Crippen LogP contribution in [0.3, 0.4) is 0 Å². The van der Waals surface area contributed by atoms with Gasteiger partial charge < -0.3 is 4.98 Å². The molecule has 3 aromatic rings. The molecule has 0 fully saturated rings. The van der Waals surface area contributed by atoms with Crippen molar-refractivity contribution in [3.63, 3.8) is 0 Å². The molecular weight excluding hydrogens is 303 g/mol. The normalized spacial score (nSPS) is 12.0. The molecule has 0 aliphatic heterocycles. The first-order valence-corrected chi connectivity index (χ1v) is 7.56. The van der Waals surface area contributed by atoms with Gasteiger partial charge in [0.05, 0.1) is 21.1 Å². The van der Waals surface area contributed by atoms with E-state index in [9.17, 15) is 0 Å². The van der Waals surface area contributed by atoms with Gasteiger partial charge in [-0.05, 0) is 23.1 Å². The summed E-state index contributed by atoms with van der Waals surface area (Å²) in [6, 6.07) is 12.0. The number of H-pyrrole nitrogens is 1. The first-order chi connectivity index (χ1) is 9.84. The maximum atomic E-state index is 6.03. The average Bonchev–Trinajstić information content (AvgIpc) is 2.81. The number of imidazole rings is 1. The van der Waals surface area contributed by atoms with Crippen molar-refractivity contribution in [1.82, 2.24) is 9.97 Å². The molecule has 0 aliphatic rings. The lowest BCUT2D eigenvalue weighted by atomic mass is 9.87. The van der Waals surface area contributed by atoms with Crippen LogP contribution >= 0.6 is 23.2 Å². The van der Waals surface area contributed by atoms with Gasteiger partial charge in [-0.3, -0.25) is 0 Å². The number of fused-ring (bicyclic) bond motifs is 1. The Morgan fingerprint density at radius 2 is 1.57 bits per heavy atom. The number of nitrogens with zero attached hydrogens (tertiary/aromatic N) is 1. The molecule has 0 atom stereocenters. The molecule has 0 unspecified atom stereocenters. The Morgan fingerprint density at radius 3 is 2.19 bits per heavy atom. The number of benzene rings is 2. The van der Waals surface area contributed by atoms with E-state index in [4.69, 9.17) is 23.2 Å². The van der Waals surface area contributed by atoms with Gasteiger partial charge in [-0.15, -0.1) is 0 Å². The molecule has 1 aromatic heterocycles. The van der Waals surface area contributed by atoms with Crippen LogP contribution in [0, 0.1) is 0 Å². The molecule has 1 N–H and O–H groups in total. The van der Waals surface area contributed by atoms with Crippen LogP contribution in [0.2, 0.25) is 10.0 Å². The number of hydrogen-bond acceptors (Lipinski definition) is 1. The molecule has 1 heterocycles. The van der Waals surface area contributed by atoms with Crippen molar-refractivity contribution in [1.29, 1.82) is 0 Å². The maximum Gasteiger partial charge on any atom is 0.138 e. The summed E-state index contributed by atoms with van der Waals surface area (Å²) in [5.74, 6) is 0.823. The summed E-state index contributed by atoms with van der Waals surface area (Å²) in [7, 11) is 0. The molecule has 0 saturated carbocycles. The monoisotopic (exact) mass is 318 g/mol. The van der Waals surface area contributed by atoms with E-state index >= 15 is 0 Å². The minimum Gasteiger partial charge on any atom is -0.338 e. The van der Waals surface area contributed by atoms with Gasteiger partial charge in [0.15, 0.2) is 0 Å². The second-order valence-corrected chi connectivity index (χ2v) is 7.01. The lowest BCUT2D eigenvalue weighted by Crippen LogP contribution is -2.10. The number of aromatic nitrogens is 2. The zero-order valence-electron chi connectivity index (χ0n) is 12.2. The summed E-state index contributed by atoms with van der Waals surface area (Å²) >= 11 is 12.1. The molecule has 0 amide bonds. The molecule has 2 nitrogen and oxygen atoms in total. The lowest BCUT2D eigenvalue weighted by molar-refractivity contribution is 0.590. The molecule has 0 radical (unpaired) electrons. The van der Waals surface area contributed by atoms with Gasteiger partial charge in [-0.25, -0.2) is 4.98 Å². The van der Waals surface area contributed by atoms with E-state index in [0.717, 1.165) is 22.4 Å². The van der Waals surface area contributed by atoms with Crippen LogP contribution in [0.25, 0.3) is 22.4 Å². The highest BCUT2D eigenvalue weighted by molar-refractivity contribution is 6.42. The zero-order chi connectivity index (χ0) is 15.2. The summed E-state index contributed by atoms with van der Waals surface area (Å²) in [6.07, 6.45) is 0. The highest BCUT2D eigenvalue weighted by Gasteiger charge is 2.14. The first kappa shape index (κ1) is 14.4. The number of rotatable bonds is 1. The summed E-state index contributed by atoms with van der Waals surface area (Å²) in [5.41, 5.74) is 4.20. The number of aromatic amines is 1. The molecule has 0 aliphatic carbocycles. The lowest BCUT2D eigenvalue weighted by Gasteiger charge is -2.18. The quantitative estimate of drug-likeness (QED) is 0.600. The van der Waals surface area contributed by atoms with E-state index in [-0.39, 0.29) is 5.41 Å². The molecule has 0 bridgehead atoms. The minimum atomic E-state index is 0.146. The van der Waals surface area contributed by atoms with Crippen LogP contribution in [0.1, 0.15) is 26.3 Å². The second kappa shape index (κ2) is 5.04. The summed E-state index contributed by atoms with van der Waals surface area (Å²) in [4.78, 5) is 7.86. The third-order valence-electron chi connectivity index (χ3n) is 3.55. The van der Waals surface area contributed by atoms with E-state index in [1.807, 2.05) is 0 Å². The highest BCUT2D eigenvalue weighted by atomic mass is 35.5. The van der Waals surface area contributed by atoms with Crippen LogP contribution in [0.4, 0.5) is 0 Å². The van der Waals surface area contributed by atoms with E-state index in [0.29, 0.717) is 10.0 Å². The summed E-state index contributed by atoms with van der Waals surface area (Å²) < 4.78 is 0. The smallest absolute Gasteiger partial charge is 0.138 e. The Kier molecular flexibility index (Phi) is 3.46.